The second kappa shape index (κ2) is 41.9. The molecule has 592 valence electrons. The number of urea groups is 1. The van der Waals surface area contributed by atoms with Crippen LogP contribution in [0.2, 0.25) is 0 Å². The number of halogens is 2. The number of anilines is 1. The minimum atomic E-state index is -1.16. The van der Waals surface area contributed by atoms with Crippen molar-refractivity contribution in [2.24, 2.45) is 40.7 Å². The first-order valence-corrected chi connectivity index (χ1v) is 37.9. The van der Waals surface area contributed by atoms with Gasteiger partial charge in [-0.3, -0.25) is 57.7 Å². The highest BCUT2D eigenvalue weighted by molar-refractivity contribution is 8.00. The number of carboxylic acid groups (broad SMARTS) is 1. The van der Waals surface area contributed by atoms with Gasteiger partial charge >= 0.3 is 18.1 Å². The number of carboxylic acids is 1. The van der Waals surface area contributed by atoms with Gasteiger partial charge in [0, 0.05) is 84.3 Å². The molecule has 2 aliphatic heterocycles. The molecule has 2 aromatic rings. The minimum absolute atomic E-state index is 0.0361. The zero-order chi connectivity index (χ0) is 79.0. The molecule has 1 aliphatic carbocycles. The van der Waals surface area contributed by atoms with Crippen molar-refractivity contribution in [1.82, 2.24) is 51.1 Å². The van der Waals surface area contributed by atoms with Crippen LogP contribution in [0.3, 0.4) is 0 Å². The number of hydrogen-bond donors (Lipinski definition) is 8. The number of nitrogens with two attached hydrogens (primary N) is 1. The van der Waals surface area contributed by atoms with Crippen LogP contribution in [0.15, 0.2) is 42.5 Å². The summed E-state index contributed by atoms with van der Waals surface area (Å²) in [5.41, 5.74) is 5.59. The maximum absolute atomic E-state index is 15.2. The fourth-order valence-electron chi connectivity index (χ4n) is 14.0. The van der Waals surface area contributed by atoms with E-state index >= 15 is 4.79 Å². The summed E-state index contributed by atoms with van der Waals surface area (Å²) < 4.78 is 47.2. The summed E-state index contributed by atoms with van der Waals surface area (Å²) in [7, 11) is 9.60. The highest BCUT2D eigenvalue weighted by Crippen LogP contribution is 2.52. The van der Waals surface area contributed by atoms with Crippen molar-refractivity contribution in [1.29, 1.82) is 0 Å². The lowest BCUT2D eigenvalue weighted by molar-refractivity contribution is -0.148. The van der Waals surface area contributed by atoms with E-state index in [4.69, 9.17) is 19.9 Å². The summed E-state index contributed by atoms with van der Waals surface area (Å²) in [6, 6.07) is 3.17. The summed E-state index contributed by atoms with van der Waals surface area (Å²) >= 11 is 1.34. The van der Waals surface area contributed by atoms with Gasteiger partial charge in [-0.15, -0.1) is 11.8 Å². The second-order valence-electron chi connectivity index (χ2n) is 29.8. The molecule has 12 atom stereocenters. The fourth-order valence-corrected chi connectivity index (χ4v) is 15.4. The lowest BCUT2D eigenvalue weighted by Gasteiger charge is -2.41. The predicted octanol–water partition coefficient (Wildman–Crippen LogP) is 6.21. The molecular formula is C75H116F2N12O16S. The Bertz CT molecular complexity index is 3320. The highest BCUT2D eigenvalue weighted by Gasteiger charge is 2.49. The molecule has 1 saturated carbocycles. The molecule has 2 aromatic carbocycles. The number of imide groups is 1. The molecule has 31 heteroatoms. The quantitative estimate of drug-likeness (QED) is 0.0270. The molecule has 9 N–H and O–H groups in total. The third-order valence-electron chi connectivity index (χ3n) is 20.6. The number of thioether (sulfide) groups is 1. The van der Waals surface area contributed by atoms with Crippen molar-refractivity contribution in [2.45, 2.75) is 219 Å². The van der Waals surface area contributed by atoms with Gasteiger partial charge in [-0.1, -0.05) is 93.4 Å². The van der Waals surface area contributed by atoms with Gasteiger partial charge in [-0.05, 0) is 124 Å². The Morgan fingerprint density at radius 2 is 1.42 bits per heavy atom. The molecule has 0 aromatic heterocycles. The van der Waals surface area contributed by atoms with Gasteiger partial charge in [0.05, 0.1) is 60.4 Å². The van der Waals surface area contributed by atoms with Crippen LogP contribution in [0.4, 0.5) is 24.1 Å². The number of nitrogens with one attached hydrogen (secondary N) is 6. The number of aliphatic carboxylic acids is 1. The number of benzene rings is 2. The first-order chi connectivity index (χ1) is 50.0. The fraction of sp³-hybridized carbons (Fsp3) is 0.680. The predicted molar refractivity (Wildman–Crippen MR) is 396 cm³/mol. The van der Waals surface area contributed by atoms with Crippen molar-refractivity contribution < 1.29 is 85.6 Å². The first-order valence-electron chi connectivity index (χ1n) is 36.9. The molecule has 5 rings (SSSR count). The van der Waals surface area contributed by atoms with E-state index < -0.39 is 131 Å². The molecule has 2 saturated heterocycles. The van der Waals surface area contributed by atoms with Gasteiger partial charge in [0.2, 0.25) is 53.2 Å². The number of carbonyl (C=O) groups excluding carboxylic acids is 11. The van der Waals surface area contributed by atoms with Crippen molar-refractivity contribution in [3.05, 3.63) is 65.2 Å². The Hall–Kier alpha value is -8.03. The van der Waals surface area contributed by atoms with Crippen molar-refractivity contribution >= 4 is 88.7 Å². The molecule has 106 heavy (non-hydrogen) atoms. The first kappa shape index (κ1) is 88.6. The molecule has 0 spiro atoms. The molecule has 12 amide bonds. The molecule has 2 heterocycles. The average molecular weight is 1510 g/mol. The Labute approximate surface area is 626 Å². The van der Waals surface area contributed by atoms with Crippen LogP contribution in [0.1, 0.15) is 157 Å². The standard InChI is InChI=1S/C75H116F2N12O16S/c1-16-46(8)65(87(13)72(100)63(44(4)5)84-70(98)64(45(6)7)85(10)11)56(103-14)37-59(91)89-40-50(36-55(89)66(104-15)47(9)67(95)79-34-30-51-52(76)22-20-23-53(51)77)86(12)74(102)105-41-48-26-28-49(29-27-48)81-68(96)54(24-21-33-80-73(78)101)82-69(97)62(43(2)3)83-58(90)25-18-17-19-35-88-60(92)38-57(71(88)99)106-42-75(31-32-75)39-61(93)94/h20,22-23,26-29,43-47,50,54-57,62-66H,16-19,21,24-25,30-42H2,1-15H3,(H,79,95)(H,81,96)(H,82,97)(H,83,90)(H,84,98)(H,93,94)(H3,78,80,101)/t46-,47+,50-,54-,55-,56+,57?,62-,63-,64-,65-,66+/m0/s1. The van der Waals surface area contributed by atoms with Crippen LogP contribution in [0.5, 0.6) is 0 Å². The number of nitrogens with zero attached hydrogens (tertiary/aromatic N) is 5. The molecular weight excluding hydrogens is 1390 g/mol. The highest BCUT2D eigenvalue weighted by atomic mass is 32.2. The normalized spacial score (nSPS) is 18.8. The Kier molecular flexibility index (Phi) is 35.0. The van der Waals surface area contributed by atoms with E-state index in [1.165, 1.54) is 48.9 Å². The lowest BCUT2D eigenvalue weighted by Crippen LogP contribution is -2.59. The summed E-state index contributed by atoms with van der Waals surface area (Å²) in [6.07, 6.45) is 0.912. The summed E-state index contributed by atoms with van der Waals surface area (Å²) in [5.74, 6) is -7.78. The third kappa shape index (κ3) is 25.6. The van der Waals surface area contributed by atoms with E-state index in [1.807, 2.05) is 41.5 Å². The van der Waals surface area contributed by atoms with Crippen molar-refractivity contribution in [3.8, 4) is 0 Å². The Morgan fingerprint density at radius 1 is 0.764 bits per heavy atom. The smallest absolute Gasteiger partial charge is 0.410 e. The molecule has 3 aliphatic rings. The molecule has 0 bridgehead atoms. The number of likely N-dealkylation sites (tertiary alicyclic amines) is 2. The zero-order valence-corrected chi connectivity index (χ0v) is 65.2. The van der Waals surface area contributed by atoms with E-state index in [-0.39, 0.29) is 137 Å². The van der Waals surface area contributed by atoms with Crippen LogP contribution in [0, 0.1) is 46.6 Å². The van der Waals surface area contributed by atoms with Crippen LogP contribution in [-0.2, 0) is 75.2 Å². The summed E-state index contributed by atoms with van der Waals surface area (Å²) in [5, 5.41) is 25.3. The van der Waals surface area contributed by atoms with Gasteiger partial charge in [0.15, 0.2) is 0 Å². The van der Waals surface area contributed by atoms with Crippen molar-refractivity contribution in [2.75, 3.05) is 79.7 Å². The van der Waals surface area contributed by atoms with Crippen LogP contribution >= 0.6 is 11.8 Å². The molecule has 0 radical (unpaired) electrons. The van der Waals surface area contributed by atoms with Crippen molar-refractivity contribution in [3.63, 3.8) is 0 Å². The number of hydrogen-bond acceptors (Lipinski definition) is 17. The van der Waals surface area contributed by atoms with Crippen LogP contribution in [-0.4, -0.2) is 235 Å². The number of methoxy groups -OCH3 is 2. The molecule has 3 fully saturated rings. The monoisotopic (exact) mass is 1510 g/mol. The van der Waals surface area contributed by atoms with E-state index in [0.717, 1.165) is 25.0 Å². The van der Waals surface area contributed by atoms with Gasteiger partial charge in [-0.2, -0.15) is 0 Å². The van der Waals surface area contributed by atoms with E-state index in [0.29, 0.717) is 42.7 Å². The summed E-state index contributed by atoms with van der Waals surface area (Å²) in [6.45, 7) is 16.4. The Balaban J connectivity index is 1.25. The van der Waals surface area contributed by atoms with Gasteiger partial charge in [-0.25, -0.2) is 18.4 Å². The number of carbonyl (C=O) groups is 12. The van der Waals surface area contributed by atoms with E-state index in [2.05, 4.69) is 31.9 Å². The molecule has 1 unspecified atom stereocenters. The number of unbranched alkanes of at least 4 members (excludes halogenated alkanes) is 2. The van der Waals surface area contributed by atoms with Gasteiger partial charge in [0.1, 0.15) is 36.4 Å². The van der Waals surface area contributed by atoms with Gasteiger partial charge in [0.25, 0.3) is 0 Å². The van der Waals surface area contributed by atoms with Gasteiger partial charge < -0.3 is 71.7 Å². The van der Waals surface area contributed by atoms with E-state index in [1.54, 1.807) is 80.9 Å². The minimum Gasteiger partial charge on any atom is -0.481 e. The second-order valence-corrected chi connectivity index (χ2v) is 31.0. The zero-order valence-electron chi connectivity index (χ0n) is 64.4. The molecule has 28 nitrogen and oxygen atoms in total. The average Bonchev–Trinajstić information content (AvgIpc) is 1.62. The Morgan fingerprint density at radius 3 is 1.98 bits per heavy atom. The largest absolute Gasteiger partial charge is 0.481 e. The maximum Gasteiger partial charge on any atom is 0.410 e. The number of primary amides is 1. The maximum atomic E-state index is 15.2. The summed E-state index contributed by atoms with van der Waals surface area (Å²) in [4.78, 5) is 169. The number of rotatable bonds is 44. The number of ether oxygens (including phenoxy) is 3. The van der Waals surface area contributed by atoms with Crippen LogP contribution in [0.25, 0.3) is 0 Å². The lowest BCUT2D eigenvalue weighted by atomic mass is 9.89. The topological polar surface area (TPSA) is 367 Å². The number of amides is 12. The third-order valence-corrected chi connectivity index (χ3v) is 22.1. The van der Waals surface area contributed by atoms with Crippen LogP contribution < -0.4 is 37.6 Å². The SMILES string of the molecule is CC[C@H](C)[C@@H]([C@@H](CC(=O)N1C[C@@H](N(C)C(=O)OCc2ccc(NC(=O)[C@H](CCCNC(N)=O)NC(=O)[C@@H](NC(=O)CCCCCN3C(=O)CC(SCC4(CC(=O)O)CC4)C3=O)C(C)C)cc2)C[C@H]1[C@H](OC)[C@@H](C)C(=O)NCCc1c(F)cccc1F)OC)N(C)C(=O)[C@@H](NC(=O)[C@H](C(C)C)N(C)C)C(C)C. The number of likely N-dealkylation sites (N-methyl/N-ethyl adjacent to an activating group) is 3. The van der Waals surface area contributed by atoms with E-state index in [9.17, 15) is 66.6 Å².